The van der Waals surface area contributed by atoms with Gasteiger partial charge < -0.3 is 20.7 Å². The van der Waals surface area contributed by atoms with Crippen molar-refractivity contribution >= 4 is 11.4 Å². The molecule has 1 heterocycles. The molecule has 3 N–H and O–H groups in total. The minimum Gasteiger partial charge on any atom is -0.491 e. The lowest BCUT2D eigenvalue weighted by atomic mass is 10.2. The summed E-state index contributed by atoms with van der Waals surface area (Å²) in [5.41, 5.74) is 7.69. The van der Waals surface area contributed by atoms with Crippen LogP contribution in [0.2, 0.25) is 0 Å². The van der Waals surface area contributed by atoms with Crippen molar-refractivity contribution in [1.82, 2.24) is 9.80 Å². The highest BCUT2D eigenvalue weighted by molar-refractivity contribution is 5.59. The zero-order valence-electron chi connectivity index (χ0n) is 13.4. The van der Waals surface area contributed by atoms with Crippen LogP contribution < -0.4 is 15.8 Å². The van der Waals surface area contributed by atoms with Gasteiger partial charge in [-0.1, -0.05) is 0 Å². The van der Waals surface area contributed by atoms with Crippen LogP contribution >= 0.6 is 0 Å². The molecule has 1 aromatic carbocycles. The third kappa shape index (κ3) is 5.44. The number of benzene rings is 1. The highest BCUT2D eigenvalue weighted by Crippen LogP contribution is 2.23. The van der Waals surface area contributed by atoms with E-state index in [-0.39, 0.29) is 6.10 Å². The lowest BCUT2D eigenvalue weighted by Gasteiger charge is -2.32. The van der Waals surface area contributed by atoms with Crippen LogP contribution in [0.5, 0.6) is 5.75 Å². The van der Waals surface area contributed by atoms with Crippen molar-refractivity contribution in [3.05, 3.63) is 18.2 Å². The van der Waals surface area contributed by atoms with Crippen LogP contribution in [0.4, 0.5) is 11.4 Å². The number of nitrogens with zero attached hydrogens (tertiary/aromatic N) is 2. The van der Waals surface area contributed by atoms with E-state index in [4.69, 9.17) is 10.5 Å². The Labute approximate surface area is 128 Å². The standard InChI is InChI=1S/C16H28N4O/c1-13(2)21-16-11-14(17)10-15(12-16)18-4-5-20-8-6-19(3)7-9-20/h10-13,18H,4-9,17H2,1-3H3. The molecule has 2 rings (SSSR count). The maximum atomic E-state index is 5.93. The number of hydrogen-bond acceptors (Lipinski definition) is 5. The van der Waals surface area contributed by atoms with Gasteiger partial charge in [-0.15, -0.1) is 0 Å². The highest BCUT2D eigenvalue weighted by atomic mass is 16.5. The first-order chi connectivity index (χ1) is 10.0. The average molecular weight is 292 g/mol. The molecule has 0 radical (unpaired) electrons. The number of rotatable bonds is 6. The van der Waals surface area contributed by atoms with Gasteiger partial charge in [0.15, 0.2) is 0 Å². The molecule has 1 fully saturated rings. The summed E-state index contributed by atoms with van der Waals surface area (Å²) in [4.78, 5) is 4.86. The summed E-state index contributed by atoms with van der Waals surface area (Å²) >= 11 is 0. The second kappa shape index (κ2) is 7.52. The van der Waals surface area contributed by atoms with Crippen LogP contribution in [0.3, 0.4) is 0 Å². The molecular weight excluding hydrogens is 264 g/mol. The smallest absolute Gasteiger partial charge is 0.123 e. The molecule has 0 atom stereocenters. The summed E-state index contributed by atoms with van der Waals surface area (Å²) in [6.45, 7) is 10.6. The number of piperazine rings is 1. The van der Waals surface area contributed by atoms with E-state index in [1.807, 2.05) is 32.0 Å². The van der Waals surface area contributed by atoms with Crippen molar-refractivity contribution in [2.24, 2.45) is 0 Å². The number of likely N-dealkylation sites (N-methyl/N-ethyl adjacent to an activating group) is 1. The fourth-order valence-corrected chi connectivity index (χ4v) is 2.49. The summed E-state index contributed by atoms with van der Waals surface area (Å²) in [7, 11) is 2.18. The van der Waals surface area contributed by atoms with Crippen LogP contribution in [-0.4, -0.2) is 62.2 Å². The predicted molar refractivity (Wildman–Crippen MR) is 89.0 cm³/mol. The van der Waals surface area contributed by atoms with E-state index < -0.39 is 0 Å². The van der Waals surface area contributed by atoms with Gasteiger partial charge in [0.1, 0.15) is 5.75 Å². The van der Waals surface area contributed by atoms with Crippen LogP contribution in [0, 0.1) is 0 Å². The third-order valence-electron chi connectivity index (χ3n) is 3.65. The van der Waals surface area contributed by atoms with Crippen LogP contribution in [0.25, 0.3) is 0 Å². The topological polar surface area (TPSA) is 53.8 Å². The molecule has 0 aliphatic carbocycles. The van der Waals surface area contributed by atoms with E-state index >= 15 is 0 Å². The summed E-state index contributed by atoms with van der Waals surface area (Å²) in [5, 5.41) is 3.44. The Kier molecular flexibility index (Phi) is 5.70. The Morgan fingerprint density at radius 2 is 1.90 bits per heavy atom. The minimum absolute atomic E-state index is 0.157. The van der Waals surface area contributed by atoms with Gasteiger partial charge in [-0.3, -0.25) is 4.90 Å². The third-order valence-corrected chi connectivity index (χ3v) is 3.65. The molecule has 1 aliphatic rings. The zero-order valence-corrected chi connectivity index (χ0v) is 13.4. The predicted octanol–water partition coefficient (Wildman–Crippen LogP) is 1.72. The van der Waals surface area contributed by atoms with Gasteiger partial charge in [0, 0.05) is 62.8 Å². The van der Waals surface area contributed by atoms with E-state index in [0.717, 1.165) is 56.4 Å². The lowest BCUT2D eigenvalue weighted by Crippen LogP contribution is -2.45. The first-order valence-corrected chi connectivity index (χ1v) is 7.75. The van der Waals surface area contributed by atoms with Crippen molar-refractivity contribution in [3.63, 3.8) is 0 Å². The molecule has 0 aromatic heterocycles. The Morgan fingerprint density at radius 3 is 2.57 bits per heavy atom. The van der Waals surface area contributed by atoms with Crippen molar-refractivity contribution in [2.45, 2.75) is 20.0 Å². The largest absolute Gasteiger partial charge is 0.491 e. The Bertz CT molecular complexity index is 442. The fourth-order valence-electron chi connectivity index (χ4n) is 2.49. The van der Waals surface area contributed by atoms with Gasteiger partial charge in [-0.25, -0.2) is 0 Å². The highest BCUT2D eigenvalue weighted by Gasteiger charge is 2.12. The summed E-state index contributed by atoms with van der Waals surface area (Å²) in [6.07, 6.45) is 0.157. The quantitative estimate of drug-likeness (QED) is 0.782. The monoisotopic (exact) mass is 292 g/mol. The molecule has 1 saturated heterocycles. The van der Waals surface area contributed by atoms with Crippen LogP contribution in [0.15, 0.2) is 18.2 Å². The van der Waals surface area contributed by atoms with E-state index in [1.165, 1.54) is 0 Å². The van der Waals surface area contributed by atoms with Crippen molar-refractivity contribution in [2.75, 3.05) is 57.4 Å². The fraction of sp³-hybridized carbons (Fsp3) is 0.625. The van der Waals surface area contributed by atoms with E-state index in [1.54, 1.807) is 0 Å². The molecule has 0 bridgehead atoms. The van der Waals surface area contributed by atoms with E-state index in [0.29, 0.717) is 0 Å². The summed E-state index contributed by atoms with van der Waals surface area (Å²) in [6, 6.07) is 5.84. The summed E-state index contributed by atoms with van der Waals surface area (Å²) < 4.78 is 5.71. The van der Waals surface area contributed by atoms with Crippen molar-refractivity contribution in [1.29, 1.82) is 0 Å². The number of hydrogen-bond donors (Lipinski definition) is 2. The lowest BCUT2D eigenvalue weighted by molar-refractivity contribution is 0.158. The van der Waals surface area contributed by atoms with Crippen LogP contribution in [0.1, 0.15) is 13.8 Å². The van der Waals surface area contributed by atoms with Crippen molar-refractivity contribution < 1.29 is 4.74 Å². The number of anilines is 2. The Hall–Kier alpha value is -1.46. The summed E-state index contributed by atoms with van der Waals surface area (Å²) in [5.74, 6) is 0.826. The first kappa shape index (κ1) is 15.9. The number of ether oxygens (including phenoxy) is 1. The van der Waals surface area contributed by atoms with Gasteiger partial charge in [0.2, 0.25) is 0 Å². The van der Waals surface area contributed by atoms with Gasteiger partial charge in [0.05, 0.1) is 6.10 Å². The van der Waals surface area contributed by atoms with Gasteiger partial charge in [0.25, 0.3) is 0 Å². The average Bonchev–Trinajstić information content (AvgIpc) is 2.39. The minimum atomic E-state index is 0.157. The van der Waals surface area contributed by atoms with Gasteiger partial charge in [-0.05, 0) is 27.0 Å². The molecule has 0 spiro atoms. The molecule has 118 valence electrons. The normalized spacial score (nSPS) is 17.1. The molecule has 1 aliphatic heterocycles. The molecule has 21 heavy (non-hydrogen) atoms. The maximum Gasteiger partial charge on any atom is 0.123 e. The van der Waals surface area contributed by atoms with Crippen LogP contribution in [-0.2, 0) is 0 Å². The Balaban J connectivity index is 1.81. The molecule has 1 aromatic rings. The molecule has 5 heteroatoms. The molecule has 0 unspecified atom stereocenters. The van der Waals surface area contributed by atoms with Gasteiger partial charge in [-0.2, -0.15) is 0 Å². The maximum absolute atomic E-state index is 5.93. The molecule has 5 nitrogen and oxygen atoms in total. The number of nitrogens with two attached hydrogens (primary N) is 1. The number of nitrogens with one attached hydrogen (secondary N) is 1. The van der Waals surface area contributed by atoms with E-state index in [9.17, 15) is 0 Å². The Morgan fingerprint density at radius 1 is 1.19 bits per heavy atom. The van der Waals surface area contributed by atoms with E-state index in [2.05, 4.69) is 22.2 Å². The second-order valence-electron chi connectivity index (χ2n) is 6.03. The molecule has 0 saturated carbocycles. The second-order valence-corrected chi connectivity index (χ2v) is 6.03. The number of nitrogen functional groups attached to an aromatic ring is 1. The van der Waals surface area contributed by atoms with Crippen molar-refractivity contribution in [3.8, 4) is 5.75 Å². The molecular formula is C16H28N4O. The molecule has 0 amide bonds. The zero-order chi connectivity index (χ0) is 15.2. The first-order valence-electron chi connectivity index (χ1n) is 7.75. The SMILES string of the molecule is CC(C)Oc1cc(N)cc(NCCN2CCN(C)CC2)c1. The van der Waals surface area contributed by atoms with Gasteiger partial charge >= 0.3 is 0 Å².